The number of fused-ring (bicyclic) bond motifs is 1. The maximum absolute atomic E-state index is 9.47. The third kappa shape index (κ3) is 3.30. The summed E-state index contributed by atoms with van der Waals surface area (Å²) < 4.78 is 0. The van der Waals surface area contributed by atoms with E-state index < -0.39 is 0 Å². The van der Waals surface area contributed by atoms with Crippen molar-refractivity contribution in [3.8, 4) is 6.07 Å². The average molecular weight is 329 g/mol. The van der Waals surface area contributed by atoms with Crippen LogP contribution in [0.3, 0.4) is 0 Å². The van der Waals surface area contributed by atoms with Crippen molar-refractivity contribution in [2.45, 2.75) is 6.54 Å². The Morgan fingerprint density at radius 3 is 2.16 bits per heavy atom. The van der Waals surface area contributed by atoms with Crippen LogP contribution >= 0.6 is 0 Å². The quantitative estimate of drug-likeness (QED) is 0.739. The largest absolute Gasteiger partial charge is 0.352 e. The van der Waals surface area contributed by atoms with Crippen LogP contribution in [0.15, 0.2) is 54.6 Å². The van der Waals surface area contributed by atoms with Crippen molar-refractivity contribution in [2.75, 3.05) is 31.1 Å². The van der Waals surface area contributed by atoms with Crippen molar-refractivity contribution in [1.82, 2.24) is 14.9 Å². The molecule has 2 heterocycles. The van der Waals surface area contributed by atoms with Gasteiger partial charge in [0, 0.05) is 32.7 Å². The van der Waals surface area contributed by atoms with Gasteiger partial charge < -0.3 is 4.90 Å². The van der Waals surface area contributed by atoms with E-state index in [9.17, 15) is 5.26 Å². The van der Waals surface area contributed by atoms with Crippen LogP contribution < -0.4 is 4.90 Å². The predicted octanol–water partition coefficient (Wildman–Crippen LogP) is 2.82. The first-order chi connectivity index (χ1) is 12.3. The topological polar surface area (TPSA) is 56.1 Å². The fraction of sp³-hybridized carbons (Fsp3) is 0.250. The molecule has 0 saturated carbocycles. The number of nitrogens with zero attached hydrogens (tertiary/aromatic N) is 5. The zero-order chi connectivity index (χ0) is 17.1. The lowest BCUT2D eigenvalue weighted by molar-refractivity contribution is 0.249. The van der Waals surface area contributed by atoms with Crippen molar-refractivity contribution in [1.29, 1.82) is 5.26 Å². The van der Waals surface area contributed by atoms with E-state index in [0.717, 1.165) is 43.8 Å². The summed E-state index contributed by atoms with van der Waals surface area (Å²) in [5, 5.41) is 9.47. The van der Waals surface area contributed by atoms with Gasteiger partial charge in [0.2, 0.25) is 0 Å². The summed E-state index contributed by atoms with van der Waals surface area (Å²) in [6, 6.07) is 20.4. The molecule has 0 N–H and O–H groups in total. The summed E-state index contributed by atoms with van der Waals surface area (Å²) >= 11 is 0. The minimum atomic E-state index is 0.412. The van der Waals surface area contributed by atoms with Gasteiger partial charge in [-0.05, 0) is 17.7 Å². The minimum absolute atomic E-state index is 0.412. The van der Waals surface area contributed by atoms with Crippen LogP contribution in [0.1, 0.15) is 11.3 Å². The Bertz CT molecular complexity index is 908. The van der Waals surface area contributed by atoms with E-state index in [4.69, 9.17) is 4.98 Å². The molecule has 0 amide bonds. The Morgan fingerprint density at radius 1 is 0.840 bits per heavy atom. The number of benzene rings is 2. The summed E-state index contributed by atoms with van der Waals surface area (Å²) in [5.74, 6) is 0.709. The molecule has 4 rings (SSSR count). The summed E-state index contributed by atoms with van der Waals surface area (Å²) in [6.07, 6.45) is 0. The number of rotatable bonds is 3. The van der Waals surface area contributed by atoms with Gasteiger partial charge in [-0.2, -0.15) is 5.26 Å². The van der Waals surface area contributed by atoms with Crippen LogP contribution in [0.5, 0.6) is 0 Å². The van der Waals surface area contributed by atoms with Crippen LogP contribution in [-0.2, 0) is 6.54 Å². The van der Waals surface area contributed by atoms with E-state index in [0.29, 0.717) is 11.5 Å². The first kappa shape index (κ1) is 15.6. The van der Waals surface area contributed by atoms with Crippen molar-refractivity contribution < 1.29 is 0 Å². The van der Waals surface area contributed by atoms with E-state index in [-0.39, 0.29) is 0 Å². The van der Waals surface area contributed by atoms with E-state index in [1.165, 1.54) is 5.56 Å². The predicted molar refractivity (Wildman–Crippen MR) is 98.2 cm³/mol. The highest BCUT2D eigenvalue weighted by molar-refractivity contribution is 5.77. The van der Waals surface area contributed by atoms with E-state index >= 15 is 0 Å². The van der Waals surface area contributed by atoms with Crippen LogP contribution in [0.4, 0.5) is 5.82 Å². The SMILES string of the molecule is N#Cc1nc2ccccc2nc1N1CCN(Cc2ccccc2)CC1. The van der Waals surface area contributed by atoms with Crippen molar-refractivity contribution in [3.63, 3.8) is 0 Å². The first-order valence-corrected chi connectivity index (χ1v) is 8.51. The monoisotopic (exact) mass is 329 g/mol. The fourth-order valence-electron chi connectivity index (χ4n) is 3.25. The molecular weight excluding hydrogens is 310 g/mol. The van der Waals surface area contributed by atoms with E-state index in [1.54, 1.807) is 0 Å². The number of hydrogen-bond acceptors (Lipinski definition) is 5. The second kappa shape index (κ2) is 6.88. The Kier molecular flexibility index (Phi) is 4.28. The van der Waals surface area contributed by atoms with Gasteiger partial charge in [-0.3, -0.25) is 4.90 Å². The summed E-state index contributed by atoms with van der Waals surface area (Å²) in [6.45, 7) is 4.58. The van der Waals surface area contributed by atoms with E-state index in [2.05, 4.69) is 45.1 Å². The molecule has 1 aliphatic heterocycles. The third-order valence-electron chi connectivity index (χ3n) is 4.58. The molecular formula is C20H19N5. The molecule has 5 nitrogen and oxygen atoms in total. The molecule has 1 fully saturated rings. The minimum Gasteiger partial charge on any atom is -0.352 e. The lowest BCUT2D eigenvalue weighted by atomic mass is 10.2. The van der Waals surface area contributed by atoms with Gasteiger partial charge in [0.15, 0.2) is 11.5 Å². The zero-order valence-electron chi connectivity index (χ0n) is 14.0. The van der Waals surface area contributed by atoms with Gasteiger partial charge in [-0.25, -0.2) is 9.97 Å². The van der Waals surface area contributed by atoms with E-state index in [1.807, 2.05) is 30.3 Å². The molecule has 2 aromatic carbocycles. The summed E-state index contributed by atoms with van der Waals surface area (Å²) in [4.78, 5) is 13.8. The molecule has 0 unspecified atom stereocenters. The Hall–Kier alpha value is -2.97. The standard InChI is InChI=1S/C20H19N5/c21-14-19-20(23-18-9-5-4-8-17(18)22-19)25-12-10-24(11-13-25)15-16-6-2-1-3-7-16/h1-9H,10-13,15H2. The van der Waals surface area contributed by atoms with Gasteiger partial charge in [0.1, 0.15) is 6.07 Å². The van der Waals surface area contributed by atoms with Crippen molar-refractivity contribution in [2.24, 2.45) is 0 Å². The molecule has 0 bridgehead atoms. The van der Waals surface area contributed by atoms with Crippen LogP contribution in [-0.4, -0.2) is 41.0 Å². The normalized spacial score (nSPS) is 15.2. The Balaban J connectivity index is 1.50. The van der Waals surface area contributed by atoms with Crippen molar-refractivity contribution in [3.05, 3.63) is 65.9 Å². The molecule has 1 aliphatic rings. The van der Waals surface area contributed by atoms with Gasteiger partial charge >= 0.3 is 0 Å². The molecule has 3 aromatic rings. The maximum atomic E-state index is 9.47. The van der Waals surface area contributed by atoms with Crippen molar-refractivity contribution >= 4 is 16.9 Å². The average Bonchev–Trinajstić information content (AvgIpc) is 2.68. The molecule has 0 aliphatic carbocycles. The number of anilines is 1. The van der Waals surface area contributed by atoms with Crippen LogP contribution in [0, 0.1) is 11.3 Å². The van der Waals surface area contributed by atoms with Gasteiger partial charge in [0.25, 0.3) is 0 Å². The molecule has 5 heteroatoms. The second-order valence-electron chi connectivity index (χ2n) is 6.25. The zero-order valence-corrected chi connectivity index (χ0v) is 14.0. The Labute approximate surface area is 147 Å². The van der Waals surface area contributed by atoms with Gasteiger partial charge in [-0.1, -0.05) is 42.5 Å². The first-order valence-electron chi connectivity index (χ1n) is 8.51. The number of para-hydroxylation sites is 2. The highest BCUT2D eigenvalue weighted by Gasteiger charge is 2.21. The number of nitriles is 1. The molecule has 0 atom stereocenters. The maximum Gasteiger partial charge on any atom is 0.183 e. The highest BCUT2D eigenvalue weighted by Crippen LogP contribution is 2.21. The second-order valence-corrected chi connectivity index (χ2v) is 6.25. The van der Waals surface area contributed by atoms with Gasteiger partial charge in [0.05, 0.1) is 11.0 Å². The molecule has 1 saturated heterocycles. The highest BCUT2D eigenvalue weighted by atomic mass is 15.3. The summed E-state index contributed by atoms with van der Waals surface area (Å²) in [7, 11) is 0. The molecule has 25 heavy (non-hydrogen) atoms. The molecule has 0 radical (unpaired) electrons. The van der Waals surface area contributed by atoms with Crippen LogP contribution in [0.25, 0.3) is 11.0 Å². The molecule has 124 valence electrons. The van der Waals surface area contributed by atoms with Crippen LogP contribution in [0.2, 0.25) is 0 Å². The fourth-order valence-corrected chi connectivity index (χ4v) is 3.25. The Morgan fingerprint density at radius 2 is 1.48 bits per heavy atom. The lowest BCUT2D eigenvalue weighted by Gasteiger charge is -2.35. The number of hydrogen-bond donors (Lipinski definition) is 0. The molecule has 1 aromatic heterocycles. The number of aromatic nitrogens is 2. The number of piperazine rings is 1. The lowest BCUT2D eigenvalue weighted by Crippen LogP contribution is -2.46. The molecule has 0 spiro atoms. The van der Waals surface area contributed by atoms with Gasteiger partial charge in [-0.15, -0.1) is 0 Å². The third-order valence-corrected chi connectivity index (χ3v) is 4.58. The summed E-state index contributed by atoms with van der Waals surface area (Å²) in [5.41, 5.74) is 3.35. The smallest absolute Gasteiger partial charge is 0.183 e.